The predicted octanol–water partition coefficient (Wildman–Crippen LogP) is 10.3. The molecule has 1 N–H and O–H groups in total. The average Bonchev–Trinajstić information content (AvgIpc) is 3.04. The molecule has 0 spiro atoms. The number of phenols is 1. The predicted molar refractivity (Wildman–Crippen MR) is 185 cm³/mol. The maximum Gasteiger partial charge on any atom is 0.142 e. The summed E-state index contributed by atoms with van der Waals surface area (Å²) in [7, 11) is 0. The van der Waals surface area contributed by atoms with Crippen molar-refractivity contribution in [2.45, 2.75) is 57.8 Å². The van der Waals surface area contributed by atoms with E-state index in [0.717, 1.165) is 39.4 Å². The SMILES string of the molecule is CC1(C)c2ccccc2N(c2ccccn2)c2cc(-c3ccc4c5c(cc(O)c4n3)C(C)(C)C(C)(C)c3ccccc3-5)ccc21. The van der Waals surface area contributed by atoms with Crippen molar-refractivity contribution in [3.8, 4) is 28.1 Å². The molecule has 6 aromatic rings. The number of hydrogen-bond acceptors (Lipinski definition) is 4. The summed E-state index contributed by atoms with van der Waals surface area (Å²) in [5, 5.41) is 12.5. The molecule has 1 aliphatic heterocycles. The molecular formula is C41H37N3O. The zero-order chi connectivity index (χ0) is 31.3. The molecule has 0 saturated carbocycles. The summed E-state index contributed by atoms with van der Waals surface area (Å²) in [6, 6.07) is 36.2. The number of pyridine rings is 2. The lowest BCUT2D eigenvalue weighted by molar-refractivity contribution is 0.298. The first-order chi connectivity index (χ1) is 21.5. The van der Waals surface area contributed by atoms with Gasteiger partial charge in [0.05, 0.1) is 17.1 Å². The topological polar surface area (TPSA) is 49.2 Å². The van der Waals surface area contributed by atoms with Crippen LogP contribution < -0.4 is 4.90 Å². The van der Waals surface area contributed by atoms with Gasteiger partial charge in [-0.2, -0.15) is 0 Å². The molecule has 45 heavy (non-hydrogen) atoms. The third kappa shape index (κ3) is 3.72. The quantitative estimate of drug-likeness (QED) is 0.219. The minimum Gasteiger partial charge on any atom is -0.506 e. The Bertz CT molecular complexity index is 2160. The van der Waals surface area contributed by atoms with Crippen molar-refractivity contribution in [2.24, 2.45) is 0 Å². The Morgan fingerprint density at radius 3 is 2.09 bits per heavy atom. The molecule has 0 bridgehead atoms. The van der Waals surface area contributed by atoms with Gasteiger partial charge in [-0.1, -0.05) is 102 Å². The first-order valence-corrected chi connectivity index (χ1v) is 15.7. The molecule has 4 nitrogen and oxygen atoms in total. The fraction of sp³-hybridized carbons (Fsp3) is 0.220. The number of aromatic hydroxyl groups is 1. The van der Waals surface area contributed by atoms with Gasteiger partial charge in [-0.15, -0.1) is 0 Å². The molecule has 222 valence electrons. The summed E-state index contributed by atoms with van der Waals surface area (Å²) in [5.74, 6) is 1.09. The highest BCUT2D eigenvalue weighted by atomic mass is 16.3. The van der Waals surface area contributed by atoms with Gasteiger partial charge in [-0.05, 0) is 86.7 Å². The molecule has 0 amide bonds. The molecule has 4 heteroatoms. The minimum atomic E-state index is -0.197. The van der Waals surface area contributed by atoms with Gasteiger partial charge in [0.15, 0.2) is 0 Å². The molecule has 0 atom stereocenters. The maximum absolute atomic E-state index is 11.5. The van der Waals surface area contributed by atoms with Crippen LogP contribution in [-0.4, -0.2) is 15.1 Å². The second-order valence-electron chi connectivity index (χ2n) is 14.1. The molecule has 8 rings (SSSR count). The Kier molecular flexibility index (Phi) is 5.68. The van der Waals surface area contributed by atoms with Gasteiger partial charge < -0.3 is 5.11 Å². The van der Waals surface area contributed by atoms with Crippen molar-refractivity contribution in [2.75, 3.05) is 4.90 Å². The van der Waals surface area contributed by atoms with E-state index in [1.807, 2.05) is 24.4 Å². The molecule has 0 fully saturated rings. The van der Waals surface area contributed by atoms with Gasteiger partial charge in [0.1, 0.15) is 17.1 Å². The Morgan fingerprint density at radius 1 is 0.622 bits per heavy atom. The number of para-hydroxylation sites is 1. The van der Waals surface area contributed by atoms with Crippen LogP contribution >= 0.6 is 0 Å². The van der Waals surface area contributed by atoms with Crippen LogP contribution in [0.2, 0.25) is 0 Å². The van der Waals surface area contributed by atoms with Crippen LogP contribution in [0, 0.1) is 0 Å². The van der Waals surface area contributed by atoms with Crippen LogP contribution in [0.1, 0.15) is 63.8 Å². The van der Waals surface area contributed by atoms with Crippen LogP contribution in [0.15, 0.2) is 109 Å². The van der Waals surface area contributed by atoms with E-state index in [9.17, 15) is 5.11 Å². The standard InChI is InChI=1S/C41H37N3O/c1-39(2)29-15-9-10-16-33(29)44(36-17-11-12-22-42-36)34-23-25(18-20-30(34)39)32-21-19-27-37-26-13-7-8-14-28(26)40(3,4)41(5,6)31(37)24-35(45)38(27)43-32/h7-24,45H,1-6H3. The van der Waals surface area contributed by atoms with E-state index in [2.05, 4.69) is 131 Å². The van der Waals surface area contributed by atoms with E-state index in [-0.39, 0.29) is 22.0 Å². The van der Waals surface area contributed by atoms with E-state index in [0.29, 0.717) is 5.52 Å². The molecule has 3 heterocycles. The first-order valence-electron chi connectivity index (χ1n) is 15.7. The Balaban J connectivity index is 1.33. The van der Waals surface area contributed by atoms with Gasteiger partial charge in [-0.3, -0.25) is 4.90 Å². The van der Waals surface area contributed by atoms with E-state index in [4.69, 9.17) is 9.97 Å². The Morgan fingerprint density at radius 2 is 1.31 bits per heavy atom. The van der Waals surface area contributed by atoms with Gasteiger partial charge >= 0.3 is 0 Å². The van der Waals surface area contributed by atoms with Gasteiger partial charge in [-0.25, -0.2) is 9.97 Å². The van der Waals surface area contributed by atoms with Gasteiger partial charge in [0, 0.05) is 22.6 Å². The monoisotopic (exact) mass is 587 g/mol. The molecule has 4 aromatic carbocycles. The summed E-state index contributed by atoms with van der Waals surface area (Å²) >= 11 is 0. The average molecular weight is 588 g/mol. The summed E-state index contributed by atoms with van der Waals surface area (Å²) in [4.78, 5) is 12.2. The fourth-order valence-electron chi connectivity index (χ4n) is 7.75. The number of hydrogen-bond donors (Lipinski definition) is 1. The number of anilines is 3. The van der Waals surface area contributed by atoms with Crippen molar-refractivity contribution in [3.63, 3.8) is 0 Å². The van der Waals surface area contributed by atoms with Crippen molar-refractivity contribution in [1.82, 2.24) is 9.97 Å². The van der Waals surface area contributed by atoms with Crippen molar-refractivity contribution >= 4 is 28.1 Å². The highest BCUT2D eigenvalue weighted by Crippen LogP contribution is 2.57. The maximum atomic E-state index is 11.5. The lowest BCUT2D eigenvalue weighted by Crippen LogP contribution is -2.43. The second-order valence-corrected chi connectivity index (χ2v) is 14.1. The third-order valence-corrected chi connectivity index (χ3v) is 11.0. The second kappa shape index (κ2) is 9.28. The van der Waals surface area contributed by atoms with Crippen molar-refractivity contribution in [3.05, 3.63) is 132 Å². The highest BCUT2D eigenvalue weighted by molar-refractivity contribution is 6.03. The molecule has 0 unspecified atom stereocenters. The molecule has 0 saturated heterocycles. The van der Waals surface area contributed by atoms with Crippen molar-refractivity contribution < 1.29 is 5.11 Å². The van der Waals surface area contributed by atoms with E-state index in [1.54, 1.807) is 0 Å². The largest absolute Gasteiger partial charge is 0.506 e. The summed E-state index contributed by atoms with van der Waals surface area (Å²) < 4.78 is 0. The highest BCUT2D eigenvalue weighted by Gasteiger charge is 2.46. The number of phenolic OH excluding ortho intramolecular Hbond substituents is 1. The van der Waals surface area contributed by atoms with Gasteiger partial charge in [0.25, 0.3) is 0 Å². The zero-order valence-corrected chi connectivity index (χ0v) is 26.7. The summed E-state index contributed by atoms with van der Waals surface area (Å²) in [6.07, 6.45) is 1.84. The van der Waals surface area contributed by atoms with Crippen LogP contribution in [0.3, 0.4) is 0 Å². The van der Waals surface area contributed by atoms with E-state index < -0.39 is 0 Å². The van der Waals surface area contributed by atoms with E-state index in [1.165, 1.54) is 27.8 Å². The van der Waals surface area contributed by atoms with Crippen LogP contribution in [-0.2, 0) is 16.2 Å². The Labute approximate surface area is 265 Å². The number of benzene rings is 4. The van der Waals surface area contributed by atoms with E-state index >= 15 is 0 Å². The zero-order valence-electron chi connectivity index (χ0n) is 26.7. The Hall–Kier alpha value is -4.96. The van der Waals surface area contributed by atoms with Crippen LogP contribution in [0.4, 0.5) is 17.2 Å². The summed E-state index contributed by atoms with van der Waals surface area (Å²) in [5.41, 5.74) is 11.5. The van der Waals surface area contributed by atoms with Crippen LogP contribution in [0.5, 0.6) is 5.75 Å². The lowest BCUT2D eigenvalue weighted by atomic mass is 9.55. The normalized spacial score (nSPS) is 16.8. The smallest absolute Gasteiger partial charge is 0.142 e. The molecule has 1 aliphatic carbocycles. The number of aromatic nitrogens is 2. The number of rotatable bonds is 2. The fourth-order valence-corrected chi connectivity index (χ4v) is 7.75. The molecule has 2 aromatic heterocycles. The summed E-state index contributed by atoms with van der Waals surface area (Å²) in [6.45, 7) is 13.8. The van der Waals surface area contributed by atoms with Crippen LogP contribution in [0.25, 0.3) is 33.3 Å². The number of nitrogens with zero attached hydrogens (tertiary/aromatic N) is 3. The first kappa shape index (κ1) is 27.6. The lowest BCUT2D eigenvalue weighted by Gasteiger charge is -2.48. The molecule has 2 aliphatic rings. The van der Waals surface area contributed by atoms with Gasteiger partial charge in [0.2, 0.25) is 0 Å². The third-order valence-electron chi connectivity index (χ3n) is 11.0. The minimum absolute atomic E-state index is 0.112. The van der Waals surface area contributed by atoms with Crippen molar-refractivity contribution in [1.29, 1.82) is 0 Å². The molecular weight excluding hydrogens is 550 g/mol. The molecule has 0 radical (unpaired) electrons. The number of fused-ring (bicyclic) bond motifs is 7.